The number of nitrogens with two attached hydrogens (primary N) is 2. The first-order valence-electron chi connectivity index (χ1n) is 15.7. The number of nitrogens with zero attached hydrogens (tertiary/aromatic N) is 8. The minimum absolute atomic E-state index is 0.0180. The normalized spacial score (nSPS) is 12.4. The molecule has 0 saturated carbocycles. The summed E-state index contributed by atoms with van der Waals surface area (Å²) in [5.74, 6) is 11.6. The van der Waals surface area contributed by atoms with E-state index in [1.54, 1.807) is 12.1 Å². The molecule has 0 spiro atoms. The van der Waals surface area contributed by atoms with E-state index in [-0.39, 0.29) is 77.3 Å². The van der Waals surface area contributed by atoms with Crippen LogP contribution >= 0.6 is 0 Å². The monoisotopic (exact) mass is 688 g/mol. The molecule has 2 amide bonds. The van der Waals surface area contributed by atoms with E-state index in [2.05, 4.69) is 44.5 Å². The number of amidine groups is 2. The molecule has 0 radical (unpaired) electrons. The second kappa shape index (κ2) is 24.3. The zero-order chi connectivity index (χ0) is 36.4. The zero-order valence-electron chi connectivity index (χ0n) is 27.9. The highest BCUT2D eigenvalue weighted by Gasteiger charge is 2.26. The number of rotatable bonds is 22. The van der Waals surface area contributed by atoms with Crippen LogP contribution in [0.25, 0.3) is 0 Å². The van der Waals surface area contributed by atoms with Gasteiger partial charge in [0.1, 0.15) is 37.5 Å². The van der Waals surface area contributed by atoms with Crippen molar-refractivity contribution in [1.29, 1.82) is 10.5 Å². The number of hydrazine groups is 1. The first kappa shape index (κ1) is 40.3. The Morgan fingerprint density at radius 1 is 0.860 bits per heavy atom. The predicted octanol–water partition coefficient (Wildman–Crippen LogP) is 2.68. The smallest absolute Gasteiger partial charge is 0.329 e. The number of amides is 2. The van der Waals surface area contributed by atoms with E-state index in [1.165, 1.54) is 10.0 Å². The van der Waals surface area contributed by atoms with Crippen LogP contribution < -0.4 is 22.3 Å². The number of carbonyl (C=O) groups is 2. The summed E-state index contributed by atoms with van der Waals surface area (Å²) in [6.07, 6.45) is 0.887. The summed E-state index contributed by atoms with van der Waals surface area (Å²) < 4.78 is 5.54. The third-order valence-electron chi connectivity index (χ3n) is 6.98. The minimum atomic E-state index is -1.14. The van der Waals surface area contributed by atoms with Crippen molar-refractivity contribution >= 4 is 37.1 Å². The van der Waals surface area contributed by atoms with Crippen LogP contribution in [0, 0.1) is 22.7 Å². The molecule has 0 aliphatic carbocycles. The Labute approximate surface area is 291 Å². The van der Waals surface area contributed by atoms with Crippen molar-refractivity contribution in [2.75, 3.05) is 19.7 Å². The number of carbonyl (C=O) groups excluding carboxylic acids is 2. The van der Waals surface area contributed by atoms with Gasteiger partial charge in [-0.2, -0.15) is 25.8 Å². The summed E-state index contributed by atoms with van der Waals surface area (Å²) in [5, 5.41) is 41.2. The van der Waals surface area contributed by atoms with Crippen LogP contribution in [0.4, 0.5) is 4.79 Å². The van der Waals surface area contributed by atoms with Crippen molar-refractivity contribution in [2.24, 2.45) is 32.1 Å². The lowest BCUT2D eigenvalue weighted by Gasteiger charge is -2.24. The topological polar surface area (TPSA) is 241 Å². The largest absolute Gasteiger partial charge is 0.459 e. The summed E-state index contributed by atoms with van der Waals surface area (Å²) in [5.41, 5.74) is 1.64. The first-order chi connectivity index (χ1) is 24.3. The lowest BCUT2D eigenvalue weighted by atomic mass is 10.1. The molecule has 0 fully saturated rings. The van der Waals surface area contributed by atoms with Crippen molar-refractivity contribution < 1.29 is 24.1 Å². The molecule has 0 aliphatic heterocycles. The second-order valence-corrected chi connectivity index (χ2v) is 10.5. The zero-order valence-corrected chi connectivity index (χ0v) is 27.9. The van der Waals surface area contributed by atoms with E-state index in [1.807, 2.05) is 60.7 Å². The van der Waals surface area contributed by atoms with Crippen LogP contribution in [0.2, 0.25) is 0 Å². The molecule has 2 aromatic carbocycles. The van der Waals surface area contributed by atoms with Gasteiger partial charge in [0.05, 0.1) is 37.6 Å². The van der Waals surface area contributed by atoms with Crippen LogP contribution in [0.1, 0.15) is 49.7 Å². The van der Waals surface area contributed by atoms with Crippen molar-refractivity contribution in [3.05, 3.63) is 71.8 Å². The third kappa shape index (κ3) is 15.8. The maximum absolute atomic E-state index is 13.4. The van der Waals surface area contributed by atoms with E-state index in [9.17, 15) is 9.59 Å². The van der Waals surface area contributed by atoms with Gasteiger partial charge in [0.15, 0.2) is 0 Å². The molecule has 0 aliphatic rings. The summed E-state index contributed by atoms with van der Waals surface area (Å²) >= 11 is 0. The molecule has 17 heteroatoms. The lowest BCUT2D eigenvalue weighted by Crippen LogP contribution is -2.51. The molecule has 0 aromatic heterocycles. The fraction of sp³-hybridized carbons (Fsp3) is 0.394. The molecule has 0 unspecified atom stereocenters. The number of hydrogen-bond acceptors (Lipinski definition) is 13. The van der Waals surface area contributed by atoms with E-state index >= 15 is 0 Å². The van der Waals surface area contributed by atoms with Crippen LogP contribution in [-0.4, -0.2) is 78.9 Å². The number of nitrogens with one attached hydrogen (secondary N) is 2. The Morgan fingerprint density at radius 2 is 1.48 bits per heavy atom. The van der Waals surface area contributed by atoms with Gasteiger partial charge in [-0.25, -0.2) is 30.2 Å². The Morgan fingerprint density at radius 3 is 2.08 bits per heavy atom. The molecule has 2 aromatic rings. The number of nitriles is 2. The second-order valence-electron chi connectivity index (χ2n) is 10.5. The van der Waals surface area contributed by atoms with Crippen LogP contribution in [0.5, 0.6) is 0 Å². The highest BCUT2D eigenvalue weighted by atomic mass is 17.2. The lowest BCUT2D eigenvalue weighted by molar-refractivity contribution is -0.306. The number of hydrogen-bond donors (Lipinski definition) is 4. The molecule has 0 heterocycles. The molecule has 0 bridgehead atoms. The van der Waals surface area contributed by atoms with Gasteiger partial charge in [0.25, 0.3) is 0 Å². The Kier molecular flexibility index (Phi) is 19.6. The van der Waals surface area contributed by atoms with Crippen molar-refractivity contribution in [1.82, 2.24) is 20.7 Å². The Balaban J connectivity index is 2.18. The molecule has 266 valence electrons. The minimum Gasteiger partial charge on any atom is -0.459 e. The predicted molar refractivity (Wildman–Crippen MR) is 187 cm³/mol. The summed E-state index contributed by atoms with van der Waals surface area (Å²) in [6, 6.07) is 20.0. The van der Waals surface area contributed by atoms with E-state index in [4.69, 9.17) is 36.7 Å². The van der Waals surface area contributed by atoms with E-state index in [0.717, 1.165) is 11.1 Å². The standard InChI is InChI=1S/C33H44N12O5/c1-38-43-31(44(37)21-9-19-34)17-15-28(25-50-49-24-27-13-7-4-8-14-27)40-33(47)41-29(32(46)48-23-26-11-5-3-6-12-26)16-18-30(42-36)45(39-2)22-10-20-35/h3-8,11-14,28-29H,1-2,9-10,15-18,21-25,36-37H2,(H2,40,41,47)/b42-30-,43-31-/t28-,29-/m0/s1. The molecular formula is C33H44N12O5. The van der Waals surface area contributed by atoms with Gasteiger partial charge >= 0.3 is 12.0 Å². The van der Waals surface area contributed by atoms with Gasteiger partial charge in [-0.05, 0) is 24.0 Å². The molecule has 2 atom stereocenters. The SMILES string of the molecule is C=N/N=C(/CC[C@@H](COOCc1ccccc1)NC(=O)N[C@@H](CC/C(=N/N)N(CCC#N)N=C)C(=O)OCc1ccccc1)N(N)CCC#N. The number of ether oxygens (including phenoxy) is 1. The highest BCUT2D eigenvalue weighted by Crippen LogP contribution is 2.10. The van der Waals surface area contributed by atoms with Gasteiger partial charge in [-0.15, -0.1) is 5.10 Å². The fourth-order valence-electron chi connectivity index (χ4n) is 4.38. The molecule has 50 heavy (non-hydrogen) atoms. The maximum atomic E-state index is 13.4. The van der Waals surface area contributed by atoms with Crippen LogP contribution in [0.15, 0.2) is 81.1 Å². The fourth-order valence-corrected chi connectivity index (χ4v) is 4.38. The molecule has 2 rings (SSSR count). The molecular weight excluding hydrogens is 644 g/mol. The van der Waals surface area contributed by atoms with Gasteiger partial charge in [0, 0.05) is 32.8 Å². The summed E-state index contributed by atoms with van der Waals surface area (Å²) in [6.45, 7) is 7.34. The number of benzene rings is 2. The quantitative estimate of drug-likeness (QED) is 0.0267. The van der Waals surface area contributed by atoms with Crippen molar-refractivity contribution in [3.63, 3.8) is 0 Å². The Hall–Kier alpha value is -5.88. The van der Waals surface area contributed by atoms with Crippen LogP contribution in [0.3, 0.4) is 0 Å². The number of urea groups is 1. The van der Waals surface area contributed by atoms with Gasteiger partial charge < -0.3 is 21.2 Å². The van der Waals surface area contributed by atoms with Gasteiger partial charge in [0.2, 0.25) is 0 Å². The number of hydrazone groups is 2. The first-order valence-corrected chi connectivity index (χ1v) is 15.7. The van der Waals surface area contributed by atoms with Gasteiger partial charge in [-0.1, -0.05) is 60.7 Å². The molecule has 17 nitrogen and oxygen atoms in total. The third-order valence-corrected chi connectivity index (χ3v) is 6.98. The average Bonchev–Trinajstić information content (AvgIpc) is 3.14. The number of esters is 1. The van der Waals surface area contributed by atoms with Crippen molar-refractivity contribution in [2.45, 2.75) is 63.8 Å². The van der Waals surface area contributed by atoms with Gasteiger partial charge in [-0.3, -0.25) is 5.01 Å². The summed E-state index contributed by atoms with van der Waals surface area (Å²) in [4.78, 5) is 37.5. The van der Waals surface area contributed by atoms with E-state index in [0.29, 0.717) is 5.84 Å². The average molecular weight is 689 g/mol. The Bertz CT molecular complexity index is 1480. The molecule has 0 saturated heterocycles. The maximum Gasteiger partial charge on any atom is 0.329 e. The van der Waals surface area contributed by atoms with Crippen LogP contribution in [-0.2, 0) is 32.5 Å². The molecule has 6 N–H and O–H groups in total. The highest BCUT2D eigenvalue weighted by molar-refractivity contribution is 5.86. The van der Waals surface area contributed by atoms with E-state index < -0.39 is 24.1 Å². The van der Waals surface area contributed by atoms with Crippen molar-refractivity contribution in [3.8, 4) is 12.1 Å². The summed E-state index contributed by atoms with van der Waals surface area (Å²) in [7, 11) is 0.